The number of rotatable bonds is 7. The Balaban J connectivity index is 2.21. The molecule has 0 saturated carbocycles. The molecule has 2 aromatic carbocycles. The van der Waals surface area contributed by atoms with Gasteiger partial charge in [0.1, 0.15) is 12.1 Å². The van der Waals surface area contributed by atoms with E-state index < -0.39 is 18.1 Å². The van der Waals surface area contributed by atoms with E-state index in [2.05, 4.69) is 0 Å². The fourth-order valence-corrected chi connectivity index (χ4v) is 2.58. The van der Waals surface area contributed by atoms with Gasteiger partial charge in [0, 0.05) is 6.54 Å². The molecule has 0 bridgehead atoms. The van der Waals surface area contributed by atoms with Crippen LogP contribution in [0.3, 0.4) is 0 Å². The van der Waals surface area contributed by atoms with Crippen molar-refractivity contribution in [3.05, 3.63) is 71.8 Å². The molecule has 122 valence electrons. The van der Waals surface area contributed by atoms with Gasteiger partial charge in [-0.3, -0.25) is 9.69 Å². The maximum atomic E-state index is 12.4. The first-order valence-corrected chi connectivity index (χ1v) is 7.77. The van der Waals surface area contributed by atoms with Crippen LogP contribution in [0.5, 0.6) is 0 Å². The van der Waals surface area contributed by atoms with Crippen molar-refractivity contribution in [2.45, 2.75) is 25.6 Å². The van der Waals surface area contributed by atoms with Crippen molar-refractivity contribution in [3.63, 3.8) is 0 Å². The molecule has 0 saturated heterocycles. The van der Waals surface area contributed by atoms with Gasteiger partial charge in [-0.1, -0.05) is 60.7 Å². The molecule has 0 unspecified atom stereocenters. The zero-order valence-electron chi connectivity index (χ0n) is 13.6. The van der Waals surface area contributed by atoms with E-state index in [4.69, 9.17) is 4.74 Å². The first-order chi connectivity index (χ1) is 11.1. The summed E-state index contributed by atoms with van der Waals surface area (Å²) in [4.78, 5) is 14.2. The number of benzene rings is 2. The highest BCUT2D eigenvalue weighted by Crippen LogP contribution is 2.22. The largest absolute Gasteiger partial charge is 0.465 e. The molecule has 4 nitrogen and oxygen atoms in total. The summed E-state index contributed by atoms with van der Waals surface area (Å²) in [7, 11) is 1.82. The summed E-state index contributed by atoms with van der Waals surface area (Å²) in [5, 5.41) is 10.7. The number of nitrogens with zero attached hydrogens (tertiary/aromatic N) is 1. The fourth-order valence-electron chi connectivity index (χ4n) is 2.58. The van der Waals surface area contributed by atoms with Crippen LogP contribution in [0.4, 0.5) is 0 Å². The Morgan fingerprint density at radius 2 is 1.65 bits per heavy atom. The number of hydrogen-bond acceptors (Lipinski definition) is 4. The number of carbonyl (C=O) groups is 1. The van der Waals surface area contributed by atoms with Crippen molar-refractivity contribution in [1.29, 1.82) is 0 Å². The maximum absolute atomic E-state index is 12.4. The number of hydrogen-bond donors (Lipinski definition) is 1. The van der Waals surface area contributed by atoms with Gasteiger partial charge >= 0.3 is 5.97 Å². The molecule has 0 aliphatic rings. The van der Waals surface area contributed by atoms with Crippen molar-refractivity contribution in [2.75, 3.05) is 13.7 Å². The van der Waals surface area contributed by atoms with Crippen molar-refractivity contribution in [2.24, 2.45) is 0 Å². The number of likely N-dealkylation sites (N-methyl/N-ethyl adjacent to an activating group) is 1. The van der Waals surface area contributed by atoms with E-state index in [0.717, 1.165) is 5.56 Å². The van der Waals surface area contributed by atoms with Crippen LogP contribution in [0.25, 0.3) is 0 Å². The maximum Gasteiger partial charge on any atom is 0.326 e. The summed E-state index contributed by atoms with van der Waals surface area (Å²) in [6, 6.07) is 18.3. The van der Waals surface area contributed by atoms with Gasteiger partial charge in [-0.2, -0.15) is 0 Å². The van der Waals surface area contributed by atoms with E-state index in [1.807, 2.05) is 72.6 Å². The highest BCUT2D eigenvalue weighted by Gasteiger charge is 2.33. The van der Waals surface area contributed by atoms with Crippen LogP contribution in [-0.2, 0) is 16.1 Å². The number of ether oxygens (including phenoxy) is 1. The molecule has 0 amide bonds. The molecule has 0 radical (unpaired) electrons. The van der Waals surface area contributed by atoms with Gasteiger partial charge < -0.3 is 9.84 Å². The lowest BCUT2D eigenvalue weighted by molar-refractivity contribution is -0.154. The van der Waals surface area contributed by atoms with Crippen molar-refractivity contribution < 1.29 is 14.6 Å². The molecule has 0 aliphatic heterocycles. The Morgan fingerprint density at radius 1 is 1.09 bits per heavy atom. The highest BCUT2D eigenvalue weighted by atomic mass is 16.5. The molecule has 2 atom stereocenters. The minimum atomic E-state index is -0.941. The molecular formula is C19H23NO3. The number of aliphatic hydroxyl groups is 1. The molecule has 0 fully saturated rings. The second-order valence-electron chi connectivity index (χ2n) is 5.45. The number of carbonyl (C=O) groups excluding carboxylic acids is 1. The number of esters is 1. The topological polar surface area (TPSA) is 49.8 Å². The molecule has 0 heterocycles. The molecule has 2 rings (SSSR count). The van der Waals surface area contributed by atoms with E-state index >= 15 is 0 Å². The zero-order chi connectivity index (χ0) is 16.7. The quantitative estimate of drug-likeness (QED) is 0.799. The van der Waals surface area contributed by atoms with Gasteiger partial charge in [0.05, 0.1) is 6.61 Å². The Labute approximate surface area is 137 Å². The average Bonchev–Trinajstić information content (AvgIpc) is 2.57. The second kappa shape index (κ2) is 8.46. The van der Waals surface area contributed by atoms with E-state index in [0.29, 0.717) is 12.1 Å². The van der Waals surface area contributed by atoms with Crippen LogP contribution in [-0.4, -0.2) is 35.7 Å². The minimum Gasteiger partial charge on any atom is -0.465 e. The van der Waals surface area contributed by atoms with Crippen molar-refractivity contribution in [1.82, 2.24) is 4.90 Å². The van der Waals surface area contributed by atoms with Crippen LogP contribution in [0, 0.1) is 0 Å². The summed E-state index contributed by atoms with van der Waals surface area (Å²) in [6.45, 7) is 2.60. The van der Waals surface area contributed by atoms with E-state index in [1.165, 1.54) is 0 Å². The standard InChI is InChI=1S/C19H23NO3/c1-3-23-19(22)17(18(21)16-12-8-5-9-13-16)20(2)14-15-10-6-4-7-11-15/h4-13,17-18,21H,3,14H2,1-2H3/t17-,18-/m1/s1. The predicted octanol–water partition coefficient (Wildman–Crippen LogP) is 2.78. The first-order valence-electron chi connectivity index (χ1n) is 7.77. The monoisotopic (exact) mass is 313 g/mol. The van der Waals surface area contributed by atoms with Crippen molar-refractivity contribution in [3.8, 4) is 0 Å². The summed E-state index contributed by atoms with van der Waals surface area (Å²) in [5.74, 6) is -0.415. The predicted molar refractivity (Wildman–Crippen MR) is 89.7 cm³/mol. The van der Waals surface area contributed by atoms with Crippen LogP contribution < -0.4 is 0 Å². The average molecular weight is 313 g/mol. The van der Waals surface area contributed by atoms with Crippen molar-refractivity contribution >= 4 is 5.97 Å². The van der Waals surface area contributed by atoms with Gasteiger partial charge in [-0.05, 0) is 25.1 Å². The van der Waals surface area contributed by atoms with E-state index in [-0.39, 0.29) is 6.61 Å². The lowest BCUT2D eigenvalue weighted by Gasteiger charge is -2.30. The van der Waals surface area contributed by atoms with Gasteiger partial charge in [-0.25, -0.2) is 0 Å². The minimum absolute atomic E-state index is 0.288. The molecule has 23 heavy (non-hydrogen) atoms. The molecule has 1 N–H and O–H groups in total. The number of aliphatic hydroxyl groups excluding tert-OH is 1. The fraction of sp³-hybridized carbons (Fsp3) is 0.316. The van der Waals surface area contributed by atoms with Gasteiger partial charge in [0.15, 0.2) is 0 Å². The smallest absolute Gasteiger partial charge is 0.326 e. The Bertz CT molecular complexity index is 601. The molecule has 4 heteroatoms. The molecular weight excluding hydrogens is 290 g/mol. The van der Waals surface area contributed by atoms with Crippen LogP contribution in [0.15, 0.2) is 60.7 Å². The van der Waals surface area contributed by atoms with E-state index in [9.17, 15) is 9.90 Å². The SMILES string of the molecule is CCOC(=O)[C@@H]([C@H](O)c1ccccc1)N(C)Cc1ccccc1. The normalized spacial score (nSPS) is 13.6. The highest BCUT2D eigenvalue weighted by molar-refractivity contribution is 5.76. The first kappa shape index (κ1) is 17.2. The summed E-state index contributed by atoms with van der Waals surface area (Å²) >= 11 is 0. The molecule has 0 spiro atoms. The molecule has 0 aromatic heterocycles. The zero-order valence-corrected chi connectivity index (χ0v) is 13.6. The van der Waals surface area contributed by atoms with Gasteiger partial charge in [0.25, 0.3) is 0 Å². The van der Waals surface area contributed by atoms with E-state index in [1.54, 1.807) is 6.92 Å². The van der Waals surface area contributed by atoms with Gasteiger partial charge in [-0.15, -0.1) is 0 Å². The third-order valence-corrected chi connectivity index (χ3v) is 3.72. The van der Waals surface area contributed by atoms with Crippen LogP contribution >= 0.6 is 0 Å². The molecule has 2 aromatic rings. The Morgan fingerprint density at radius 3 is 2.22 bits per heavy atom. The second-order valence-corrected chi connectivity index (χ2v) is 5.45. The third kappa shape index (κ3) is 4.65. The third-order valence-electron chi connectivity index (χ3n) is 3.72. The summed E-state index contributed by atoms with van der Waals surface area (Å²) in [5.41, 5.74) is 1.77. The van der Waals surface area contributed by atoms with Crippen LogP contribution in [0.1, 0.15) is 24.2 Å². The summed E-state index contributed by atoms with van der Waals surface area (Å²) < 4.78 is 5.16. The summed E-state index contributed by atoms with van der Waals surface area (Å²) in [6.07, 6.45) is -0.941. The molecule has 0 aliphatic carbocycles. The lowest BCUT2D eigenvalue weighted by Crippen LogP contribution is -2.43. The Hall–Kier alpha value is -2.17. The lowest BCUT2D eigenvalue weighted by atomic mass is 10.0. The Kier molecular flexibility index (Phi) is 6.32. The van der Waals surface area contributed by atoms with Gasteiger partial charge in [0.2, 0.25) is 0 Å². The van der Waals surface area contributed by atoms with Crippen LogP contribution in [0.2, 0.25) is 0 Å².